The van der Waals surface area contributed by atoms with E-state index in [1.165, 1.54) is 50.2 Å². The van der Waals surface area contributed by atoms with Gasteiger partial charge in [0.25, 0.3) is 15.9 Å². The number of hydrogen-bond acceptors (Lipinski definition) is 6. The summed E-state index contributed by atoms with van der Waals surface area (Å²) in [6.07, 6.45) is -1.28. The van der Waals surface area contributed by atoms with Gasteiger partial charge in [-0.2, -0.15) is 0 Å². The van der Waals surface area contributed by atoms with Crippen molar-refractivity contribution in [3.05, 3.63) is 89.7 Å². The molecular formula is C24H22FN3O6S. The molecule has 0 aliphatic carbocycles. The van der Waals surface area contributed by atoms with Crippen molar-refractivity contribution in [1.29, 1.82) is 0 Å². The van der Waals surface area contributed by atoms with Crippen molar-refractivity contribution < 1.29 is 31.9 Å². The monoisotopic (exact) mass is 499 g/mol. The van der Waals surface area contributed by atoms with E-state index in [-0.39, 0.29) is 21.7 Å². The van der Waals surface area contributed by atoms with E-state index < -0.39 is 39.9 Å². The Bertz CT molecular complexity index is 1350. The minimum Gasteiger partial charge on any atom is -0.449 e. The second kappa shape index (κ2) is 10.8. The van der Waals surface area contributed by atoms with Gasteiger partial charge in [-0.1, -0.05) is 24.3 Å². The SMILES string of the molecule is Cc1c(F)cccc1S(=O)(=O)Nc1ccc(C(=O)OC(C)C(=O)NC(=O)Nc2ccccc2)cc1. The number of benzene rings is 3. The van der Waals surface area contributed by atoms with Gasteiger partial charge in [0.05, 0.1) is 10.5 Å². The fraction of sp³-hybridized carbons (Fsp3) is 0.125. The number of rotatable bonds is 7. The molecule has 0 aromatic heterocycles. The van der Waals surface area contributed by atoms with Crippen molar-refractivity contribution in [3.63, 3.8) is 0 Å². The molecule has 1 atom stereocenters. The number of carbonyl (C=O) groups excluding carboxylic acids is 3. The standard InChI is InChI=1S/C24H22FN3O6S/c1-15-20(25)9-6-10-21(15)35(32,33)28-19-13-11-17(12-14-19)23(30)34-16(2)22(29)27-24(31)26-18-7-4-3-5-8-18/h3-14,16,28H,1-2H3,(H2,26,27,29,31). The minimum atomic E-state index is -4.06. The summed E-state index contributed by atoms with van der Waals surface area (Å²) in [6.45, 7) is 2.65. The van der Waals surface area contributed by atoms with Crippen LogP contribution in [0, 0.1) is 12.7 Å². The minimum absolute atomic E-state index is 0.0232. The van der Waals surface area contributed by atoms with Gasteiger partial charge < -0.3 is 10.1 Å². The van der Waals surface area contributed by atoms with Gasteiger partial charge in [-0.3, -0.25) is 14.8 Å². The smallest absolute Gasteiger partial charge is 0.338 e. The van der Waals surface area contributed by atoms with Gasteiger partial charge in [0, 0.05) is 16.9 Å². The van der Waals surface area contributed by atoms with Crippen molar-refractivity contribution in [2.45, 2.75) is 24.8 Å². The van der Waals surface area contributed by atoms with Crippen molar-refractivity contribution >= 4 is 39.3 Å². The van der Waals surface area contributed by atoms with Gasteiger partial charge in [-0.25, -0.2) is 22.4 Å². The zero-order chi connectivity index (χ0) is 25.6. The lowest BCUT2D eigenvalue weighted by Crippen LogP contribution is -2.41. The van der Waals surface area contributed by atoms with Gasteiger partial charge in [-0.05, 0) is 62.4 Å². The molecule has 0 spiro atoms. The van der Waals surface area contributed by atoms with Crippen LogP contribution < -0.4 is 15.4 Å². The number of amides is 3. The lowest BCUT2D eigenvalue weighted by atomic mass is 10.2. The molecule has 0 saturated carbocycles. The third-order valence-electron chi connectivity index (χ3n) is 4.80. The number of imide groups is 1. The number of esters is 1. The molecule has 3 amide bonds. The number of anilines is 2. The summed E-state index contributed by atoms with van der Waals surface area (Å²) in [6, 6.07) is 16.6. The highest BCUT2D eigenvalue weighted by Crippen LogP contribution is 2.21. The largest absolute Gasteiger partial charge is 0.449 e. The summed E-state index contributed by atoms with van der Waals surface area (Å²) in [5.74, 6) is -2.34. The summed E-state index contributed by atoms with van der Waals surface area (Å²) in [4.78, 5) is 36.2. The van der Waals surface area contributed by atoms with Crippen LogP contribution in [0.1, 0.15) is 22.8 Å². The molecule has 0 aliphatic heterocycles. The zero-order valence-corrected chi connectivity index (χ0v) is 19.6. The van der Waals surface area contributed by atoms with Crippen LogP contribution in [0.5, 0.6) is 0 Å². The molecule has 0 fully saturated rings. The van der Waals surface area contributed by atoms with Gasteiger partial charge >= 0.3 is 12.0 Å². The third kappa shape index (κ3) is 6.64. The van der Waals surface area contributed by atoms with E-state index in [1.807, 2.05) is 0 Å². The summed E-state index contributed by atoms with van der Waals surface area (Å²) < 4.78 is 46.3. The summed E-state index contributed by atoms with van der Waals surface area (Å²) in [5.41, 5.74) is 0.632. The van der Waals surface area contributed by atoms with E-state index in [2.05, 4.69) is 15.4 Å². The van der Waals surface area contributed by atoms with Crippen molar-refractivity contribution in [3.8, 4) is 0 Å². The first-order valence-electron chi connectivity index (χ1n) is 10.3. The lowest BCUT2D eigenvalue weighted by Gasteiger charge is -2.14. The first-order chi connectivity index (χ1) is 16.6. The van der Waals surface area contributed by atoms with E-state index >= 15 is 0 Å². The average Bonchev–Trinajstić information content (AvgIpc) is 2.81. The molecule has 3 rings (SSSR count). The molecule has 9 nitrogen and oxygen atoms in total. The third-order valence-corrected chi connectivity index (χ3v) is 6.33. The number of hydrogen-bond donors (Lipinski definition) is 3. The normalized spacial score (nSPS) is 11.7. The summed E-state index contributed by atoms with van der Waals surface area (Å²) in [7, 11) is -4.06. The van der Waals surface area contributed by atoms with Crippen LogP contribution in [0.15, 0.2) is 77.7 Å². The van der Waals surface area contributed by atoms with E-state index in [0.29, 0.717) is 5.69 Å². The Kier molecular flexibility index (Phi) is 7.82. The van der Waals surface area contributed by atoms with Gasteiger partial charge in [0.15, 0.2) is 6.10 Å². The Morgan fingerprint density at radius 2 is 1.54 bits per heavy atom. The number of ether oxygens (including phenoxy) is 1. The maximum absolute atomic E-state index is 13.7. The first kappa shape index (κ1) is 25.4. The van der Waals surface area contributed by atoms with Crippen LogP contribution in [0.25, 0.3) is 0 Å². The van der Waals surface area contributed by atoms with E-state index in [1.54, 1.807) is 30.3 Å². The Labute approximate surface area is 201 Å². The predicted molar refractivity (Wildman–Crippen MR) is 127 cm³/mol. The van der Waals surface area contributed by atoms with Crippen LogP contribution in [0.2, 0.25) is 0 Å². The molecule has 11 heteroatoms. The number of nitrogens with one attached hydrogen (secondary N) is 3. The fourth-order valence-electron chi connectivity index (χ4n) is 2.94. The van der Waals surface area contributed by atoms with Crippen molar-refractivity contribution in [2.24, 2.45) is 0 Å². The maximum Gasteiger partial charge on any atom is 0.338 e. The van der Waals surface area contributed by atoms with E-state index in [9.17, 15) is 27.2 Å². The van der Waals surface area contributed by atoms with Crippen LogP contribution in [0.4, 0.5) is 20.6 Å². The first-order valence-corrected chi connectivity index (χ1v) is 11.8. The molecule has 0 radical (unpaired) electrons. The average molecular weight is 500 g/mol. The highest BCUT2D eigenvalue weighted by atomic mass is 32.2. The van der Waals surface area contributed by atoms with Gasteiger partial charge in [-0.15, -0.1) is 0 Å². The second-order valence-corrected chi connectivity index (χ2v) is 9.05. The highest BCUT2D eigenvalue weighted by molar-refractivity contribution is 7.92. The molecule has 0 bridgehead atoms. The molecule has 3 N–H and O–H groups in total. The number of para-hydroxylation sites is 1. The van der Waals surface area contributed by atoms with Crippen molar-refractivity contribution in [2.75, 3.05) is 10.0 Å². The fourth-order valence-corrected chi connectivity index (χ4v) is 4.26. The lowest BCUT2D eigenvalue weighted by molar-refractivity contribution is -0.127. The van der Waals surface area contributed by atoms with Crippen LogP contribution in [0.3, 0.4) is 0 Å². The molecule has 0 heterocycles. The van der Waals surface area contributed by atoms with Crippen LogP contribution in [-0.2, 0) is 19.6 Å². The van der Waals surface area contributed by atoms with Crippen molar-refractivity contribution in [1.82, 2.24) is 5.32 Å². The molecule has 0 aliphatic rings. The van der Waals surface area contributed by atoms with Gasteiger partial charge in [0.2, 0.25) is 0 Å². The molecular weight excluding hydrogens is 477 g/mol. The quantitative estimate of drug-likeness (QED) is 0.424. The molecule has 1 unspecified atom stereocenters. The topological polar surface area (TPSA) is 131 Å². The number of urea groups is 1. The Hall–Kier alpha value is -4.25. The molecule has 35 heavy (non-hydrogen) atoms. The predicted octanol–water partition coefficient (Wildman–Crippen LogP) is 3.83. The highest BCUT2D eigenvalue weighted by Gasteiger charge is 2.22. The Balaban J connectivity index is 1.58. The summed E-state index contributed by atoms with van der Waals surface area (Å²) in [5, 5.41) is 4.54. The maximum atomic E-state index is 13.7. The molecule has 3 aromatic rings. The van der Waals surface area contributed by atoms with Crippen LogP contribution >= 0.6 is 0 Å². The molecule has 3 aromatic carbocycles. The zero-order valence-electron chi connectivity index (χ0n) is 18.7. The van der Waals surface area contributed by atoms with Crippen LogP contribution in [-0.4, -0.2) is 32.4 Å². The van der Waals surface area contributed by atoms with Gasteiger partial charge in [0.1, 0.15) is 5.82 Å². The number of sulfonamides is 1. The Morgan fingerprint density at radius 3 is 2.20 bits per heavy atom. The molecule has 182 valence electrons. The van der Waals surface area contributed by atoms with E-state index in [0.717, 1.165) is 6.07 Å². The second-order valence-electron chi connectivity index (χ2n) is 7.40. The number of halogens is 1. The van der Waals surface area contributed by atoms with E-state index in [4.69, 9.17) is 4.74 Å². The summed E-state index contributed by atoms with van der Waals surface area (Å²) >= 11 is 0. The molecule has 0 saturated heterocycles. The number of carbonyl (C=O) groups is 3. The Morgan fingerprint density at radius 1 is 0.886 bits per heavy atom.